The monoisotopic (exact) mass is 135 g/mol. The smallest absolute Gasteiger partial charge is 0.152 e. The molecule has 0 aromatic heterocycles. The summed E-state index contributed by atoms with van der Waals surface area (Å²) >= 11 is 5.68. The maximum absolute atomic E-state index is 5.68. The van der Waals surface area contributed by atoms with Crippen LogP contribution in [0.3, 0.4) is 0 Å². The van der Waals surface area contributed by atoms with Gasteiger partial charge in [-0.25, -0.2) is 0 Å². The Morgan fingerprint density at radius 3 is 2.00 bits per heavy atom. The van der Waals surface area contributed by atoms with Crippen LogP contribution in [0, 0.1) is 0 Å². The average Bonchev–Trinajstić information content (AvgIpc) is 1.68. The van der Waals surface area contributed by atoms with E-state index in [4.69, 9.17) is 11.1 Å². The molecule has 0 aliphatic carbocycles. The van der Waals surface area contributed by atoms with Crippen molar-refractivity contribution in [2.75, 3.05) is 0 Å². The third kappa shape index (κ3) is 3.12. The van der Waals surface area contributed by atoms with Crippen LogP contribution in [0.5, 0.6) is 0 Å². The van der Waals surface area contributed by atoms with Gasteiger partial charge in [0.25, 0.3) is 0 Å². The molecule has 0 fully saturated rings. The van der Waals surface area contributed by atoms with Crippen LogP contribution in [-0.2, 0) is 0 Å². The second-order valence-corrected chi connectivity index (χ2v) is 4.89. The highest BCUT2D eigenvalue weighted by molar-refractivity contribution is 6.95. The minimum atomic E-state index is 0.135. The molecule has 0 aliphatic heterocycles. The van der Waals surface area contributed by atoms with Crippen molar-refractivity contribution >= 4 is 19.9 Å². The van der Waals surface area contributed by atoms with E-state index in [0.29, 0.717) is 5.04 Å². The molecule has 0 saturated carbocycles. The van der Waals surface area contributed by atoms with Gasteiger partial charge in [0, 0.05) is 0 Å². The fraction of sp³-hybridized carbons (Fsp3) is 1.00. The Morgan fingerprint density at radius 1 is 1.57 bits per heavy atom. The maximum atomic E-state index is 5.68. The molecule has 7 heavy (non-hydrogen) atoms. The zero-order valence-electron chi connectivity index (χ0n) is 5.16. The summed E-state index contributed by atoms with van der Waals surface area (Å²) < 4.78 is 0. The summed E-state index contributed by atoms with van der Waals surface area (Å²) in [6, 6.07) is 0. The van der Waals surface area contributed by atoms with Crippen molar-refractivity contribution in [1.29, 1.82) is 0 Å². The van der Waals surface area contributed by atoms with E-state index in [1.807, 2.05) is 0 Å². The maximum Gasteiger partial charge on any atom is 0.152 e. The van der Waals surface area contributed by atoms with E-state index >= 15 is 0 Å². The second kappa shape index (κ2) is 2.73. The Balaban J connectivity index is 3.36. The number of rotatable bonds is 2. The van der Waals surface area contributed by atoms with Gasteiger partial charge in [-0.3, -0.25) is 0 Å². The van der Waals surface area contributed by atoms with E-state index in [0.717, 1.165) is 0 Å². The van der Waals surface area contributed by atoms with Gasteiger partial charge in [0.2, 0.25) is 0 Å². The van der Waals surface area contributed by atoms with Gasteiger partial charge in [-0.05, 0) is 5.04 Å². The second-order valence-electron chi connectivity index (χ2n) is 2.45. The van der Waals surface area contributed by atoms with Gasteiger partial charge >= 0.3 is 0 Å². The summed E-state index contributed by atoms with van der Waals surface area (Å²) in [6.45, 7) is 6.58. The largest absolute Gasteiger partial charge is 0.173 e. The van der Waals surface area contributed by atoms with Gasteiger partial charge in [0.1, 0.15) is 0 Å². The predicted octanol–water partition coefficient (Wildman–Crippen LogP) is 2.19. The van der Waals surface area contributed by atoms with Crippen molar-refractivity contribution < 1.29 is 0 Å². The zero-order chi connectivity index (χ0) is 5.91. The topological polar surface area (TPSA) is 0 Å². The van der Waals surface area contributed by atoms with Crippen LogP contribution in [0.4, 0.5) is 0 Å². The van der Waals surface area contributed by atoms with Crippen molar-refractivity contribution in [3.05, 3.63) is 0 Å². The summed E-state index contributed by atoms with van der Waals surface area (Å²) in [5.74, 6) is 0. The molecular weight excluding hydrogens is 124 g/mol. The lowest BCUT2D eigenvalue weighted by atomic mass is 10.1. The Labute approximate surface area is 52.8 Å². The minimum absolute atomic E-state index is 0.135. The van der Waals surface area contributed by atoms with Crippen molar-refractivity contribution in [3.63, 3.8) is 0 Å². The molecule has 2 heteroatoms. The van der Waals surface area contributed by atoms with E-state index in [-0.39, 0.29) is 8.83 Å². The van der Waals surface area contributed by atoms with Gasteiger partial charge in [-0.2, -0.15) is 11.1 Å². The van der Waals surface area contributed by atoms with E-state index in [9.17, 15) is 0 Å². The molecule has 0 atom stereocenters. The van der Waals surface area contributed by atoms with Crippen LogP contribution >= 0.6 is 11.1 Å². The average molecular weight is 136 g/mol. The Hall–Kier alpha value is 0.507. The summed E-state index contributed by atoms with van der Waals surface area (Å²) in [7, 11) is 0.135. The summed E-state index contributed by atoms with van der Waals surface area (Å²) in [5.41, 5.74) is 0. The fourth-order valence-corrected chi connectivity index (χ4v) is 0.694. The van der Waals surface area contributed by atoms with Crippen molar-refractivity contribution in [2.24, 2.45) is 0 Å². The lowest BCUT2D eigenvalue weighted by Crippen LogP contribution is -2.04. The normalized spacial score (nSPS) is 12.0. The first-order valence-electron chi connectivity index (χ1n) is 2.57. The molecule has 0 aromatic rings. The molecule has 0 nitrogen and oxygen atoms in total. The Kier molecular flexibility index (Phi) is 2.92. The molecule has 0 unspecified atom stereocenters. The van der Waals surface area contributed by atoms with Crippen molar-refractivity contribution in [3.8, 4) is 0 Å². The molecule has 0 N–H and O–H groups in total. The van der Waals surface area contributed by atoms with Gasteiger partial charge < -0.3 is 0 Å². The Morgan fingerprint density at radius 2 is 2.00 bits per heavy atom. The van der Waals surface area contributed by atoms with E-state index in [1.165, 1.54) is 6.42 Å². The van der Waals surface area contributed by atoms with Gasteiger partial charge in [0.15, 0.2) is 8.83 Å². The fourth-order valence-electron chi connectivity index (χ4n) is 0.0772. The van der Waals surface area contributed by atoms with E-state index in [1.54, 1.807) is 0 Å². The van der Waals surface area contributed by atoms with Crippen LogP contribution in [0.2, 0.25) is 5.04 Å². The third-order valence-electron chi connectivity index (χ3n) is 1.21. The summed E-state index contributed by atoms with van der Waals surface area (Å²) in [4.78, 5) is 0. The van der Waals surface area contributed by atoms with Crippen LogP contribution in [0.25, 0.3) is 0 Å². The van der Waals surface area contributed by atoms with E-state index < -0.39 is 0 Å². The predicted molar refractivity (Wildman–Crippen MR) is 37.3 cm³/mol. The third-order valence-corrected chi connectivity index (χ3v) is 3.98. The number of hydrogen-bond donors (Lipinski definition) is 0. The van der Waals surface area contributed by atoms with Crippen molar-refractivity contribution in [2.45, 2.75) is 32.2 Å². The first-order valence-corrected chi connectivity index (χ1v) is 4.89. The van der Waals surface area contributed by atoms with Gasteiger partial charge in [-0.15, -0.1) is 0 Å². The quantitative estimate of drug-likeness (QED) is 0.402. The molecule has 43 valence electrons. The molecule has 0 bridgehead atoms. The van der Waals surface area contributed by atoms with Crippen LogP contribution in [0.15, 0.2) is 0 Å². The highest BCUT2D eigenvalue weighted by Crippen LogP contribution is 2.27. The molecule has 0 amide bonds. The molecule has 0 spiro atoms. The lowest BCUT2D eigenvalue weighted by Gasteiger charge is -2.15. The summed E-state index contributed by atoms with van der Waals surface area (Å²) in [6.07, 6.45) is 1.20. The SMILES string of the molecule is CCC(C)(C)[SiH]Cl. The molecule has 0 saturated heterocycles. The van der Waals surface area contributed by atoms with Crippen LogP contribution < -0.4 is 0 Å². The first-order chi connectivity index (χ1) is 3.12. The number of hydrogen-bond acceptors (Lipinski definition) is 0. The number of halogens is 1. The van der Waals surface area contributed by atoms with Crippen molar-refractivity contribution in [1.82, 2.24) is 0 Å². The molecule has 0 aliphatic rings. The molecule has 0 aromatic carbocycles. The zero-order valence-corrected chi connectivity index (χ0v) is 7.07. The highest BCUT2D eigenvalue weighted by atomic mass is 35.6. The highest BCUT2D eigenvalue weighted by Gasteiger charge is 2.12. The lowest BCUT2D eigenvalue weighted by molar-refractivity contribution is 0.651. The van der Waals surface area contributed by atoms with Gasteiger partial charge in [0.05, 0.1) is 0 Å². The van der Waals surface area contributed by atoms with Gasteiger partial charge in [-0.1, -0.05) is 27.2 Å². The summed E-state index contributed by atoms with van der Waals surface area (Å²) in [5, 5.41) is 0.432. The van der Waals surface area contributed by atoms with E-state index in [2.05, 4.69) is 20.8 Å². The first kappa shape index (κ1) is 7.51. The van der Waals surface area contributed by atoms with Crippen LogP contribution in [0.1, 0.15) is 27.2 Å². The molecule has 0 heterocycles. The molecule has 0 rings (SSSR count). The van der Waals surface area contributed by atoms with Crippen LogP contribution in [-0.4, -0.2) is 8.83 Å². The Bertz CT molecular complexity index is 46.0. The standard InChI is InChI=1S/C5H12ClSi/c1-4-5(2,3)7-6/h7H,4H2,1-3H3. The minimum Gasteiger partial charge on any atom is -0.173 e. The molecule has 1 radical (unpaired) electrons. The molecular formula is C5H12ClSi.